The van der Waals surface area contributed by atoms with Gasteiger partial charge in [0.25, 0.3) is 5.91 Å². The van der Waals surface area contributed by atoms with E-state index in [-0.39, 0.29) is 12.4 Å². The highest BCUT2D eigenvalue weighted by molar-refractivity contribution is 6.07. The van der Waals surface area contributed by atoms with E-state index in [1.54, 1.807) is 32.2 Å². The topological polar surface area (TPSA) is 107 Å². The first-order valence-corrected chi connectivity index (χ1v) is 10.6. The monoisotopic (exact) mass is 458 g/mol. The number of fused-ring (bicyclic) bond motifs is 1. The highest BCUT2D eigenvalue weighted by Gasteiger charge is 2.49. The van der Waals surface area contributed by atoms with Gasteiger partial charge in [-0.25, -0.2) is 4.79 Å². The molecule has 0 saturated carbocycles. The summed E-state index contributed by atoms with van der Waals surface area (Å²) in [6.45, 7) is 1.55. The van der Waals surface area contributed by atoms with Crippen LogP contribution >= 0.6 is 0 Å². The molecule has 0 radical (unpaired) electrons. The lowest BCUT2D eigenvalue weighted by molar-refractivity contribution is -0.131. The van der Waals surface area contributed by atoms with Crippen LogP contribution in [0.4, 0.5) is 4.79 Å². The fourth-order valence-corrected chi connectivity index (χ4v) is 4.08. The third kappa shape index (κ3) is 3.51. The van der Waals surface area contributed by atoms with Crippen LogP contribution in [-0.2, 0) is 16.9 Å². The number of imide groups is 1. The van der Waals surface area contributed by atoms with E-state index in [2.05, 4.69) is 15.5 Å². The number of methoxy groups -OCH3 is 2. The molecule has 9 nitrogen and oxygen atoms in total. The van der Waals surface area contributed by atoms with Crippen molar-refractivity contribution in [3.05, 3.63) is 72.1 Å². The Hall–Kier alpha value is -4.40. The predicted molar refractivity (Wildman–Crippen MR) is 123 cm³/mol. The highest BCUT2D eigenvalue weighted by atomic mass is 16.5. The number of benzene rings is 3. The normalized spacial score (nSPS) is 17.8. The van der Waals surface area contributed by atoms with Crippen LogP contribution in [0, 0.1) is 0 Å². The van der Waals surface area contributed by atoms with Crippen molar-refractivity contribution >= 4 is 22.7 Å². The van der Waals surface area contributed by atoms with E-state index in [4.69, 9.17) is 14.0 Å². The molecule has 5 rings (SSSR count). The molecule has 3 aromatic carbocycles. The number of hydrogen-bond donors (Lipinski definition) is 1. The van der Waals surface area contributed by atoms with E-state index >= 15 is 0 Å². The Kier molecular flexibility index (Phi) is 5.16. The minimum absolute atomic E-state index is 0.135. The summed E-state index contributed by atoms with van der Waals surface area (Å²) in [7, 11) is 3.08. The van der Waals surface area contributed by atoms with E-state index in [9.17, 15) is 9.59 Å². The van der Waals surface area contributed by atoms with Gasteiger partial charge in [0.05, 0.1) is 14.2 Å². The number of aromatic nitrogens is 2. The first kappa shape index (κ1) is 21.4. The van der Waals surface area contributed by atoms with Crippen molar-refractivity contribution < 1.29 is 23.6 Å². The Morgan fingerprint density at radius 1 is 0.971 bits per heavy atom. The van der Waals surface area contributed by atoms with E-state index in [1.165, 1.54) is 7.11 Å². The molecule has 172 valence electrons. The SMILES string of the molecule is COc1ccc(-c2noc(CN3C(=O)NC(C)(c4ccc5ccccc5c4)C3=O)n2)cc1OC. The van der Waals surface area contributed by atoms with Crippen molar-refractivity contribution in [2.24, 2.45) is 0 Å². The summed E-state index contributed by atoms with van der Waals surface area (Å²) in [6.07, 6.45) is 0. The number of urea groups is 1. The van der Waals surface area contributed by atoms with Gasteiger partial charge >= 0.3 is 6.03 Å². The van der Waals surface area contributed by atoms with Crippen molar-refractivity contribution in [3.63, 3.8) is 0 Å². The van der Waals surface area contributed by atoms with Crippen LogP contribution < -0.4 is 14.8 Å². The number of carbonyl (C=O) groups is 2. The smallest absolute Gasteiger partial charge is 0.325 e. The lowest BCUT2D eigenvalue weighted by atomic mass is 9.90. The van der Waals surface area contributed by atoms with Gasteiger partial charge in [0, 0.05) is 5.56 Å². The Labute approximate surface area is 195 Å². The fourth-order valence-electron chi connectivity index (χ4n) is 4.08. The van der Waals surface area contributed by atoms with E-state index in [0.29, 0.717) is 28.5 Å². The number of ether oxygens (including phenoxy) is 2. The number of nitrogens with one attached hydrogen (secondary N) is 1. The van der Waals surface area contributed by atoms with Crippen molar-refractivity contribution in [1.82, 2.24) is 20.4 Å². The molecule has 1 fully saturated rings. The Morgan fingerprint density at radius 3 is 2.50 bits per heavy atom. The molecule has 1 atom stereocenters. The van der Waals surface area contributed by atoms with Crippen LogP contribution in [0.5, 0.6) is 11.5 Å². The summed E-state index contributed by atoms with van der Waals surface area (Å²) in [5, 5.41) is 8.84. The predicted octanol–water partition coefficient (Wildman–Crippen LogP) is 3.87. The Balaban J connectivity index is 1.39. The molecular formula is C25H22N4O5. The summed E-state index contributed by atoms with van der Waals surface area (Å²) in [4.78, 5) is 31.5. The fraction of sp³-hybridized carbons (Fsp3) is 0.200. The maximum atomic E-state index is 13.3. The standard InChI is InChI=1S/C25H22N4O5/c1-25(18-10-8-15-6-4-5-7-16(15)12-18)23(30)29(24(31)27-25)14-21-26-22(28-34-21)17-9-11-19(32-2)20(13-17)33-3/h4-13H,14H2,1-3H3,(H,27,31). The van der Waals surface area contributed by atoms with Crippen LogP contribution in [0.3, 0.4) is 0 Å². The van der Waals surface area contributed by atoms with Gasteiger partial charge in [-0.15, -0.1) is 0 Å². The molecule has 0 bridgehead atoms. The summed E-state index contributed by atoms with van der Waals surface area (Å²) in [5.41, 5.74) is 0.141. The van der Waals surface area contributed by atoms with Gasteiger partial charge < -0.3 is 19.3 Å². The van der Waals surface area contributed by atoms with Gasteiger partial charge in [0.2, 0.25) is 11.7 Å². The molecule has 3 amide bonds. The maximum absolute atomic E-state index is 13.3. The second-order valence-corrected chi connectivity index (χ2v) is 8.09. The third-order valence-electron chi connectivity index (χ3n) is 6.00. The van der Waals surface area contributed by atoms with Crippen LogP contribution in [0.25, 0.3) is 22.2 Å². The van der Waals surface area contributed by atoms with Gasteiger partial charge in [-0.1, -0.05) is 41.6 Å². The molecule has 1 N–H and O–H groups in total. The number of amides is 3. The largest absolute Gasteiger partial charge is 0.493 e. The highest BCUT2D eigenvalue weighted by Crippen LogP contribution is 2.33. The summed E-state index contributed by atoms with van der Waals surface area (Å²) < 4.78 is 15.9. The van der Waals surface area contributed by atoms with Crippen LogP contribution in [0.1, 0.15) is 18.4 Å². The Morgan fingerprint density at radius 2 is 1.74 bits per heavy atom. The second kappa shape index (κ2) is 8.18. The van der Waals surface area contributed by atoms with Crippen molar-refractivity contribution in [3.8, 4) is 22.9 Å². The molecule has 9 heteroatoms. The number of rotatable bonds is 6. The average molecular weight is 458 g/mol. The van der Waals surface area contributed by atoms with E-state index in [1.807, 2.05) is 42.5 Å². The zero-order valence-electron chi connectivity index (χ0n) is 18.9. The third-order valence-corrected chi connectivity index (χ3v) is 6.00. The van der Waals surface area contributed by atoms with Gasteiger partial charge in [0.1, 0.15) is 12.1 Å². The quantitative estimate of drug-likeness (QED) is 0.437. The molecule has 1 aromatic heterocycles. The van der Waals surface area contributed by atoms with Gasteiger partial charge in [0.15, 0.2) is 11.5 Å². The lowest BCUT2D eigenvalue weighted by Crippen LogP contribution is -2.40. The number of carbonyl (C=O) groups excluding carboxylic acids is 2. The summed E-state index contributed by atoms with van der Waals surface area (Å²) >= 11 is 0. The van der Waals surface area contributed by atoms with Gasteiger partial charge in [-0.2, -0.15) is 4.98 Å². The summed E-state index contributed by atoms with van der Waals surface area (Å²) in [5.74, 6) is 1.14. The molecule has 1 saturated heterocycles. The minimum Gasteiger partial charge on any atom is -0.493 e. The van der Waals surface area contributed by atoms with Crippen LogP contribution in [-0.4, -0.2) is 41.2 Å². The first-order chi connectivity index (χ1) is 16.4. The zero-order chi connectivity index (χ0) is 23.9. The molecule has 1 aliphatic rings. The molecule has 34 heavy (non-hydrogen) atoms. The van der Waals surface area contributed by atoms with E-state index < -0.39 is 17.5 Å². The van der Waals surface area contributed by atoms with Crippen LogP contribution in [0.15, 0.2) is 65.2 Å². The van der Waals surface area contributed by atoms with E-state index in [0.717, 1.165) is 15.7 Å². The molecule has 1 aliphatic heterocycles. The molecule has 0 spiro atoms. The zero-order valence-corrected chi connectivity index (χ0v) is 18.9. The van der Waals surface area contributed by atoms with Gasteiger partial charge in [-0.05, 0) is 47.5 Å². The van der Waals surface area contributed by atoms with Crippen molar-refractivity contribution in [2.45, 2.75) is 19.0 Å². The Bertz CT molecular complexity index is 1420. The molecule has 0 aliphatic carbocycles. The van der Waals surface area contributed by atoms with Gasteiger partial charge in [-0.3, -0.25) is 9.69 Å². The molecule has 4 aromatic rings. The van der Waals surface area contributed by atoms with Crippen LogP contribution in [0.2, 0.25) is 0 Å². The minimum atomic E-state index is -1.20. The molecule has 2 heterocycles. The molecule has 1 unspecified atom stereocenters. The lowest BCUT2D eigenvalue weighted by Gasteiger charge is -2.22. The van der Waals surface area contributed by atoms with Crippen molar-refractivity contribution in [2.75, 3.05) is 14.2 Å². The number of hydrogen-bond acceptors (Lipinski definition) is 7. The average Bonchev–Trinajstić information content (AvgIpc) is 3.42. The second-order valence-electron chi connectivity index (χ2n) is 8.09. The first-order valence-electron chi connectivity index (χ1n) is 10.6. The number of nitrogens with zero attached hydrogens (tertiary/aromatic N) is 3. The molecular weight excluding hydrogens is 436 g/mol. The van der Waals surface area contributed by atoms with Crippen molar-refractivity contribution in [1.29, 1.82) is 0 Å². The summed E-state index contributed by atoms with van der Waals surface area (Å²) in [6, 6.07) is 18.2. The maximum Gasteiger partial charge on any atom is 0.325 e.